The molecule has 0 spiro atoms. The summed E-state index contributed by atoms with van der Waals surface area (Å²) in [5.74, 6) is 1.03. The van der Waals surface area contributed by atoms with Crippen molar-refractivity contribution >= 4 is 29.3 Å². The monoisotopic (exact) mass is 311 g/mol. The summed E-state index contributed by atoms with van der Waals surface area (Å²) in [7, 11) is 1.40. The van der Waals surface area contributed by atoms with Gasteiger partial charge in [0.05, 0.1) is 12.9 Å². The predicted molar refractivity (Wildman–Crippen MR) is 85.4 cm³/mol. The lowest BCUT2D eigenvalue weighted by molar-refractivity contribution is -0.113. The van der Waals surface area contributed by atoms with Crippen LogP contribution in [0, 0.1) is 5.92 Å². The van der Waals surface area contributed by atoms with E-state index in [-0.39, 0.29) is 17.2 Å². The Morgan fingerprint density at radius 2 is 2.10 bits per heavy atom. The van der Waals surface area contributed by atoms with Crippen LogP contribution in [0.25, 0.3) is 0 Å². The predicted octanol–water partition coefficient (Wildman–Crippen LogP) is 3.11. The van der Waals surface area contributed by atoms with Crippen molar-refractivity contribution in [2.24, 2.45) is 5.92 Å². The summed E-state index contributed by atoms with van der Waals surface area (Å²) in [5, 5.41) is 11.7. The van der Waals surface area contributed by atoms with Crippen molar-refractivity contribution in [3.8, 4) is 5.75 Å². The van der Waals surface area contributed by atoms with Crippen molar-refractivity contribution in [2.75, 3.05) is 23.9 Å². The van der Waals surface area contributed by atoms with Gasteiger partial charge in [0, 0.05) is 11.8 Å². The summed E-state index contributed by atoms with van der Waals surface area (Å²) in [6, 6.07) is 4.49. The minimum absolute atomic E-state index is 0.0711. The Bertz CT molecular complexity index is 502. The van der Waals surface area contributed by atoms with Crippen LogP contribution in [-0.4, -0.2) is 35.6 Å². The number of thioether (sulfide) groups is 1. The Kier molecular flexibility index (Phi) is 7.08. The Labute approximate surface area is 129 Å². The summed E-state index contributed by atoms with van der Waals surface area (Å²) in [5.41, 5.74) is 0.605. The van der Waals surface area contributed by atoms with Gasteiger partial charge in [0.2, 0.25) is 5.91 Å². The Hall–Kier alpha value is -1.69. The third-order valence-corrected chi connectivity index (χ3v) is 3.78. The molecule has 0 radical (unpaired) electrons. The summed E-state index contributed by atoms with van der Waals surface area (Å²) in [6.07, 6.45) is 1.08. The van der Waals surface area contributed by atoms with E-state index in [1.165, 1.54) is 19.2 Å². The van der Waals surface area contributed by atoms with Gasteiger partial charge in [-0.1, -0.05) is 13.8 Å². The Balaban J connectivity index is 2.54. The molecule has 0 fully saturated rings. The van der Waals surface area contributed by atoms with Gasteiger partial charge >= 0.3 is 5.97 Å². The van der Waals surface area contributed by atoms with Crippen molar-refractivity contribution in [2.45, 2.75) is 20.3 Å². The number of amides is 1. The fourth-order valence-electron chi connectivity index (χ4n) is 1.63. The fraction of sp³-hybridized carbons (Fsp3) is 0.467. The average Bonchev–Trinajstić information content (AvgIpc) is 2.43. The summed E-state index contributed by atoms with van der Waals surface area (Å²) < 4.78 is 5.02. The highest BCUT2D eigenvalue weighted by Gasteiger charge is 2.12. The number of carboxylic acid groups (broad SMARTS) is 1. The third kappa shape index (κ3) is 6.08. The molecule has 1 amide bonds. The molecule has 6 heteroatoms. The molecule has 2 N–H and O–H groups in total. The lowest BCUT2D eigenvalue weighted by atomic mass is 10.2. The number of nitrogens with one attached hydrogen (secondary N) is 1. The fourth-order valence-corrected chi connectivity index (χ4v) is 2.67. The molecule has 0 aliphatic heterocycles. The number of anilines is 1. The van der Waals surface area contributed by atoms with Crippen LogP contribution in [0.5, 0.6) is 5.75 Å². The molecule has 5 nitrogen and oxygen atoms in total. The van der Waals surface area contributed by atoms with E-state index in [1.54, 1.807) is 17.8 Å². The quantitative estimate of drug-likeness (QED) is 0.721. The standard InChI is InChI=1S/C15H21NO4S/c1-10(2)6-7-21-9-14(17)16-11-4-5-12(15(18)19)13(8-11)20-3/h4-5,8,10H,6-7,9H2,1-3H3,(H,16,17)(H,18,19). The first-order valence-electron chi connectivity index (χ1n) is 6.73. The van der Waals surface area contributed by atoms with Gasteiger partial charge in [0.1, 0.15) is 11.3 Å². The second kappa shape index (κ2) is 8.56. The second-order valence-corrected chi connectivity index (χ2v) is 6.11. The van der Waals surface area contributed by atoms with Crippen LogP contribution in [0.15, 0.2) is 18.2 Å². The van der Waals surface area contributed by atoms with Crippen LogP contribution < -0.4 is 10.1 Å². The SMILES string of the molecule is COc1cc(NC(=O)CSCCC(C)C)ccc1C(=O)O. The first-order chi connectivity index (χ1) is 9.93. The van der Waals surface area contributed by atoms with Gasteiger partial charge in [-0.3, -0.25) is 4.79 Å². The van der Waals surface area contributed by atoms with Gasteiger partial charge in [0.15, 0.2) is 0 Å². The normalized spacial score (nSPS) is 10.5. The van der Waals surface area contributed by atoms with E-state index in [9.17, 15) is 9.59 Å². The molecule has 1 aromatic carbocycles. The molecule has 21 heavy (non-hydrogen) atoms. The molecule has 0 saturated heterocycles. The van der Waals surface area contributed by atoms with E-state index in [0.29, 0.717) is 17.4 Å². The van der Waals surface area contributed by atoms with Crippen LogP contribution in [-0.2, 0) is 4.79 Å². The Morgan fingerprint density at radius 1 is 1.38 bits per heavy atom. The number of carbonyl (C=O) groups excluding carboxylic acids is 1. The minimum atomic E-state index is -1.06. The number of rotatable bonds is 8. The van der Waals surface area contributed by atoms with Crippen molar-refractivity contribution in [1.29, 1.82) is 0 Å². The summed E-state index contributed by atoms with van der Waals surface area (Å²) >= 11 is 1.59. The first kappa shape index (κ1) is 17.4. The van der Waals surface area contributed by atoms with Crippen molar-refractivity contribution in [3.63, 3.8) is 0 Å². The lowest BCUT2D eigenvalue weighted by Gasteiger charge is -2.09. The van der Waals surface area contributed by atoms with E-state index >= 15 is 0 Å². The lowest BCUT2D eigenvalue weighted by Crippen LogP contribution is -2.15. The molecule has 0 aromatic heterocycles. The molecule has 1 aromatic rings. The molecule has 1 rings (SSSR count). The van der Waals surface area contributed by atoms with Crippen LogP contribution in [0.3, 0.4) is 0 Å². The highest BCUT2D eigenvalue weighted by atomic mass is 32.2. The molecule has 0 aliphatic rings. The Morgan fingerprint density at radius 3 is 2.67 bits per heavy atom. The number of aromatic carboxylic acids is 1. The number of ether oxygens (including phenoxy) is 1. The highest BCUT2D eigenvalue weighted by molar-refractivity contribution is 7.99. The highest BCUT2D eigenvalue weighted by Crippen LogP contribution is 2.23. The molecule has 116 valence electrons. The van der Waals surface area contributed by atoms with Crippen molar-refractivity contribution in [1.82, 2.24) is 0 Å². The van der Waals surface area contributed by atoms with E-state index in [4.69, 9.17) is 9.84 Å². The molecule has 0 heterocycles. The van der Waals surface area contributed by atoms with Crippen molar-refractivity contribution < 1.29 is 19.4 Å². The molecule has 0 aliphatic carbocycles. The van der Waals surface area contributed by atoms with Gasteiger partial charge in [0.25, 0.3) is 0 Å². The molecule has 0 saturated carbocycles. The molecular formula is C15H21NO4S. The molecular weight excluding hydrogens is 290 g/mol. The number of hydrogen-bond acceptors (Lipinski definition) is 4. The third-order valence-electron chi connectivity index (χ3n) is 2.79. The van der Waals surface area contributed by atoms with Crippen LogP contribution in [0.1, 0.15) is 30.6 Å². The van der Waals surface area contributed by atoms with E-state index in [1.807, 2.05) is 0 Å². The van der Waals surface area contributed by atoms with E-state index in [0.717, 1.165) is 12.2 Å². The zero-order valence-electron chi connectivity index (χ0n) is 12.5. The maximum Gasteiger partial charge on any atom is 0.339 e. The van der Waals surface area contributed by atoms with Crippen LogP contribution in [0.2, 0.25) is 0 Å². The number of hydrogen-bond donors (Lipinski definition) is 2. The number of methoxy groups -OCH3 is 1. The summed E-state index contributed by atoms with van der Waals surface area (Å²) in [6.45, 7) is 4.30. The number of carbonyl (C=O) groups is 2. The molecule has 0 bridgehead atoms. The number of benzene rings is 1. The van der Waals surface area contributed by atoms with Gasteiger partial charge in [-0.15, -0.1) is 0 Å². The van der Waals surface area contributed by atoms with Gasteiger partial charge in [-0.05, 0) is 30.2 Å². The minimum Gasteiger partial charge on any atom is -0.496 e. The largest absolute Gasteiger partial charge is 0.496 e. The van der Waals surface area contributed by atoms with Crippen LogP contribution in [0.4, 0.5) is 5.69 Å². The van der Waals surface area contributed by atoms with E-state index < -0.39 is 5.97 Å². The van der Waals surface area contributed by atoms with Gasteiger partial charge in [-0.2, -0.15) is 11.8 Å². The van der Waals surface area contributed by atoms with Gasteiger partial charge in [-0.25, -0.2) is 4.79 Å². The zero-order chi connectivity index (χ0) is 15.8. The van der Waals surface area contributed by atoms with Crippen LogP contribution >= 0.6 is 11.8 Å². The zero-order valence-corrected chi connectivity index (χ0v) is 13.3. The molecule has 0 atom stereocenters. The number of carboxylic acids is 1. The smallest absolute Gasteiger partial charge is 0.339 e. The van der Waals surface area contributed by atoms with E-state index in [2.05, 4.69) is 19.2 Å². The maximum absolute atomic E-state index is 11.8. The second-order valence-electron chi connectivity index (χ2n) is 5.00. The topological polar surface area (TPSA) is 75.6 Å². The average molecular weight is 311 g/mol. The van der Waals surface area contributed by atoms with Gasteiger partial charge < -0.3 is 15.2 Å². The molecule has 0 unspecified atom stereocenters. The van der Waals surface area contributed by atoms with Crippen molar-refractivity contribution in [3.05, 3.63) is 23.8 Å². The maximum atomic E-state index is 11.8. The summed E-state index contributed by atoms with van der Waals surface area (Å²) in [4.78, 5) is 22.8. The first-order valence-corrected chi connectivity index (χ1v) is 7.88.